The average molecular weight is 285 g/mol. The number of carboxylic acids is 1. The van der Waals surface area contributed by atoms with Crippen LogP contribution in [0.2, 0.25) is 0 Å². The Morgan fingerprint density at radius 3 is 2.47 bits per heavy atom. The van der Waals surface area contributed by atoms with Gasteiger partial charge < -0.3 is 10.4 Å². The zero-order valence-corrected chi connectivity index (χ0v) is 12.1. The fraction of sp³-hybridized carbons (Fsp3) is 0.583. The smallest absolute Gasteiger partial charge is 0.321 e. The maximum absolute atomic E-state index is 11.7. The van der Waals surface area contributed by atoms with E-state index in [1.54, 1.807) is 13.8 Å². The van der Waals surface area contributed by atoms with Crippen molar-refractivity contribution in [3.05, 3.63) is 11.1 Å². The highest BCUT2D eigenvalue weighted by molar-refractivity contribution is 7.13. The number of aromatic nitrogens is 1. The summed E-state index contributed by atoms with van der Waals surface area (Å²) in [4.78, 5) is 27.1. The van der Waals surface area contributed by atoms with Crippen LogP contribution in [-0.4, -0.2) is 28.6 Å². The number of rotatable bonds is 6. The monoisotopic (exact) mass is 285 g/mol. The van der Waals surface area contributed by atoms with Crippen molar-refractivity contribution in [3.63, 3.8) is 0 Å². The van der Waals surface area contributed by atoms with E-state index < -0.39 is 17.4 Å². The Labute approximate surface area is 116 Å². The van der Waals surface area contributed by atoms with Crippen molar-refractivity contribution in [1.29, 1.82) is 0 Å². The maximum Gasteiger partial charge on any atom is 0.321 e. The zero-order chi connectivity index (χ0) is 14.5. The van der Waals surface area contributed by atoms with Crippen LogP contribution >= 0.6 is 11.3 Å². The standard InChI is InChI=1S/C12H19N3O3S/c1-4-12(5-2,9(16)17)7-13-10(18)15-11-14-8(3)6-19-11/h6H,4-5,7H2,1-3H3,(H,16,17)(H2,13,14,15,18). The maximum atomic E-state index is 11.7. The van der Waals surface area contributed by atoms with E-state index >= 15 is 0 Å². The SMILES string of the molecule is CCC(CC)(CNC(=O)Nc1nc(C)cs1)C(=O)O. The van der Waals surface area contributed by atoms with E-state index in [-0.39, 0.29) is 6.54 Å². The summed E-state index contributed by atoms with van der Waals surface area (Å²) < 4.78 is 0. The first kappa shape index (κ1) is 15.4. The number of hydrogen-bond donors (Lipinski definition) is 3. The number of aryl methyl sites for hydroxylation is 1. The summed E-state index contributed by atoms with van der Waals surface area (Å²) in [6, 6.07) is -0.429. The number of carbonyl (C=O) groups excluding carboxylic acids is 1. The Morgan fingerprint density at radius 2 is 2.05 bits per heavy atom. The minimum absolute atomic E-state index is 0.103. The predicted molar refractivity (Wildman–Crippen MR) is 74.5 cm³/mol. The molecule has 0 saturated carbocycles. The van der Waals surface area contributed by atoms with Gasteiger partial charge in [0.25, 0.3) is 0 Å². The number of aliphatic carboxylic acids is 1. The molecule has 0 spiro atoms. The first-order chi connectivity index (χ1) is 8.93. The topological polar surface area (TPSA) is 91.3 Å². The van der Waals surface area contributed by atoms with Crippen LogP contribution in [0, 0.1) is 12.3 Å². The molecule has 2 amide bonds. The number of carboxylic acid groups (broad SMARTS) is 1. The molecule has 0 unspecified atom stereocenters. The van der Waals surface area contributed by atoms with Crippen molar-refractivity contribution in [3.8, 4) is 0 Å². The fourth-order valence-corrected chi connectivity index (χ4v) is 2.36. The summed E-state index contributed by atoms with van der Waals surface area (Å²) in [5.74, 6) is -0.886. The lowest BCUT2D eigenvalue weighted by atomic mass is 9.82. The molecule has 1 rings (SSSR count). The van der Waals surface area contributed by atoms with Crippen molar-refractivity contribution in [2.75, 3.05) is 11.9 Å². The summed E-state index contributed by atoms with van der Waals surface area (Å²) >= 11 is 1.33. The van der Waals surface area contributed by atoms with E-state index in [0.29, 0.717) is 18.0 Å². The second-order valence-electron chi connectivity index (χ2n) is 4.39. The molecule has 19 heavy (non-hydrogen) atoms. The molecule has 0 aromatic carbocycles. The molecule has 0 aliphatic carbocycles. The summed E-state index contributed by atoms with van der Waals surface area (Å²) in [5, 5.41) is 16.8. The molecule has 0 atom stereocenters. The van der Waals surface area contributed by atoms with Crippen molar-refractivity contribution >= 4 is 28.5 Å². The van der Waals surface area contributed by atoms with Gasteiger partial charge in [-0.1, -0.05) is 13.8 Å². The molecule has 0 saturated heterocycles. The number of carbonyl (C=O) groups is 2. The minimum atomic E-state index is -0.907. The lowest BCUT2D eigenvalue weighted by Gasteiger charge is -2.26. The Morgan fingerprint density at radius 1 is 1.42 bits per heavy atom. The number of amides is 2. The van der Waals surface area contributed by atoms with Gasteiger partial charge in [-0.15, -0.1) is 11.3 Å². The highest BCUT2D eigenvalue weighted by Crippen LogP contribution is 2.25. The molecular weight excluding hydrogens is 266 g/mol. The van der Waals surface area contributed by atoms with Crippen LogP contribution < -0.4 is 10.6 Å². The van der Waals surface area contributed by atoms with Crippen LogP contribution in [0.15, 0.2) is 5.38 Å². The van der Waals surface area contributed by atoms with Gasteiger partial charge in [-0.3, -0.25) is 10.1 Å². The molecule has 0 aliphatic heterocycles. The summed E-state index contributed by atoms with van der Waals surface area (Å²) in [6.07, 6.45) is 0.935. The van der Waals surface area contributed by atoms with E-state index in [2.05, 4.69) is 15.6 Å². The lowest BCUT2D eigenvalue weighted by Crippen LogP contribution is -2.43. The number of nitrogens with one attached hydrogen (secondary N) is 2. The van der Waals surface area contributed by atoms with Gasteiger partial charge in [0, 0.05) is 11.9 Å². The molecule has 0 fully saturated rings. The van der Waals surface area contributed by atoms with Gasteiger partial charge >= 0.3 is 12.0 Å². The lowest BCUT2D eigenvalue weighted by molar-refractivity contribution is -0.149. The molecule has 6 nitrogen and oxygen atoms in total. The molecule has 0 radical (unpaired) electrons. The van der Waals surface area contributed by atoms with Crippen molar-refractivity contribution in [2.45, 2.75) is 33.6 Å². The number of nitrogens with zero attached hydrogens (tertiary/aromatic N) is 1. The second-order valence-corrected chi connectivity index (χ2v) is 5.25. The van der Waals surface area contributed by atoms with Crippen LogP contribution in [0.25, 0.3) is 0 Å². The van der Waals surface area contributed by atoms with Crippen LogP contribution in [0.3, 0.4) is 0 Å². The summed E-state index contributed by atoms with van der Waals surface area (Å²) in [7, 11) is 0. The van der Waals surface area contributed by atoms with Crippen molar-refractivity contribution in [1.82, 2.24) is 10.3 Å². The van der Waals surface area contributed by atoms with Crippen LogP contribution in [0.5, 0.6) is 0 Å². The van der Waals surface area contributed by atoms with Gasteiger partial charge in [-0.25, -0.2) is 9.78 Å². The van der Waals surface area contributed by atoms with Gasteiger partial charge in [-0.05, 0) is 19.8 Å². The van der Waals surface area contributed by atoms with E-state index in [4.69, 9.17) is 0 Å². The second kappa shape index (κ2) is 6.51. The molecular formula is C12H19N3O3S. The molecule has 0 aliphatic rings. The average Bonchev–Trinajstić information content (AvgIpc) is 2.76. The third kappa shape index (κ3) is 3.92. The van der Waals surface area contributed by atoms with E-state index in [9.17, 15) is 14.7 Å². The normalized spacial score (nSPS) is 11.1. The molecule has 0 bridgehead atoms. The highest BCUT2D eigenvalue weighted by atomic mass is 32.1. The van der Waals surface area contributed by atoms with Crippen molar-refractivity contribution < 1.29 is 14.7 Å². The third-order valence-electron chi connectivity index (χ3n) is 3.23. The third-order valence-corrected chi connectivity index (χ3v) is 4.11. The molecule has 1 aromatic heterocycles. The zero-order valence-electron chi connectivity index (χ0n) is 11.3. The van der Waals surface area contributed by atoms with Crippen LogP contribution in [0.1, 0.15) is 32.4 Å². The van der Waals surface area contributed by atoms with Gasteiger partial charge in [0.05, 0.1) is 11.1 Å². The highest BCUT2D eigenvalue weighted by Gasteiger charge is 2.35. The van der Waals surface area contributed by atoms with E-state index in [0.717, 1.165) is 5.69 Å². The fourth-order valence-electron chi connectivity index (χ4n) is 1.68. The molecule has 106 valence electrons. The number of thiazole rings is 1. The molecule has 1 heterocycles. The van der Waals surface area contributed by atoms with Gasteiger partial charge in [0.15, 0.2) is 5.13 Å². The summed E-state index contributed by atoms with van der Waals surface area (Å²) in [6.45, 7) is 5.55. The van der Waals surface area contributed by atoms with Crippen LogP contribution in [-0.2, 0) is 4.79 Å². The molecule has 7 heteroatoms. The number of hydrogen-bond acceptors (Lipinski definition) is 4. The molecule has 1 aromatic rings. The van der Waals surface area contributed by atoms with Gasteiger partial charge in [-0.2, -0.15) is 0 Å². The Balaban J connectivity index is 2.55. The predicted octanol–water partition coefficient (Wildman–Crippen LogP) is 2.46. The minimum Gasteiger partial charge on any atom is -0.481 e. The largest absolute Gasteiger partial charge is 0.481 e. The first-order valence-electron chi connectivity index (χ1n) is 6.14. The summed E-state index contributed by atoms with van der Waals surface area (Å²) in [5.41, 5.74) is -0.0711. The Hall–Kier alpha value is -1.63. The van der Waals surface area contributed by atoms with Crippen LogP contribution in [0.4, 0.5) is 9.93 Å². The van der Waals surface area contributed by atoms with E-state index in [1.165, 1.54) is 11.3 Å². The van der Waals surface area contributed by atoms with Gasteiger partial charge in [0.2, 0.25) is 0 Å². The molecule has 3 N–H and O–H groups in total. The Bertz CT molecular complexity index is 455. The quantitative estimate of drug-likeness (QED) is 0.748. The van der Waals surface area contributed by atoms with Gasteiger partial charge in [0.1, 0.15) is 0 Å². The van der Waals surface area contributed by atoms with Crippen molar-refractivity contribution in [2.24, 2.45) is 5.41 Å². The van der Waals surface area contributed by atoms with E-state index in [1.807, 2.05) is 12.3 Å². The number of urea groups is 1. The first-order valence-corrected chi connectivity index (χ1v) is 7.02. The Kier molecular flexibility index (Phi) is 5.29. The number of anilines is 1.